The number of fused-ring (bicyclic) bond motifs is 1. The van der Waals surface area contributed by atoms with E-state index in [9.17, 15) is 14.4 Å². The number of nitrogens with zero attached hydrogens (tertiary/aromatic N) is 6. The van der Waals surface area contributed by atoms with Gasteiger partial charge in [-0.15, -0.1) is 0 Å². The maximum atomic E-state index is 15.0. The number of carbonyl (C=O) groups excluding carboxylic acids is 3. The third-order valence-corrected chi connectivity index (χ3v) is 9.10. The van der Waals surface area contributed by atoms with Gasteiger partial charge >= 0.3 is 12.0 Å². The lowest BCUT2D eigenvalue weighted by molar-refractivity contribution is -0.140. The quantitative estimate of drug-likeness (QED) is 0.349. The van der Waals surface area contributed by atoms with Crippen LogP contribution in [0.5, 0.6) is 5.75 Å². The van der Waals surface area contributed by atoms with Gasteiger partial charge in [0.2, 0.25) is 5.95 Å². The molecule has 1 aliphatic carbocycles. The lowest BCUT2D eigenvalue weighted by Gasteiger charge is -2.35. The van der Waals surface area contributed by atoms with Gasteiger partial charge in [-0.2, -0.15) is 13.8 Å². The zero-order valence-corrected chi connectivity index (χ0v) is 27.5. The molecule has 0 unspecified atom stereocenters. The van der Waals surface area contributed by atoms with Crippen LogP contribution in [0.15, 0.2) is 54.7 Å². The molecule has 3 aromatic rings. The van der Waals surface area contributed by atoms with Crippen LogP contribution in [-0.2, 0) is 16.1 Å². The van der Waals surface area contributed by atoms with Crippen molar-refractivity contribution in [1.82, 2.24) is 25.3 Å². The molecule has 2 aromatic carbocycles. The van der Waals surface area contributed by atoms with Crippen LogP contribution in [0.3, 0.4) is 0 Å². The summed E-state index contributed by atoms with van der Waals surface area (Å²) in [6.45, 7) is 1.05. The van der Waals surface area contributed by atoms with E-state index in [-0.39, 0.29) is 36.0 Å². The van der Waals surface area contributed by atoms with Crippen LogP contribution in [0, 0.1) is 0 Å². The Bertz CT molecular complexity index is 1670. The van der Waals surface area contributed by atoms with E-state index in [4.69, 9.17) is 9.47 Å². The van der Waals surface area contributed by atoms with Crippen LogP contribution in [0.25, 0.3) is 0 Å². The molecule has 49 heavy (non-hydrogen) atoms. The van der Waals surface area contributed by atoms with Crippen molar-refractivity contribution in [3.8, 4) is 5.75 Å². The number of halogens is 2. The topological polar surface area (TPSA) is 132 Å². The Hall–Kier alpha value is -5.05. The first-order valence-corrected chi connectivity index (χ1v) is 16.4. The number of alkyl halides is 2. The van der Waals surface area contributed by atoms with Gasteiger partial charge in [-0.25, -0.2) is 14.8 Å². The second kappa shape index (κ2) is 14.6. The lowest BCUT2D eigenvalue weighted by Crippen LogP contribution is -2.54. The minimum absolute atomic E-state index is 0.126. The summed E-state index contributed by atoms with van der Waals surface area (Å²) >= 11 is 0. The van der Waals surface area contributed by atoms with Crippen molar-refractivity contribution in [2.24, 2.45) is 0 Å². The number of methoxy groups -OCH3 is 1. The molecule has 6 rings (SSSR count). The Kier molecular flexibility index (Phi) is 10.1. The summed E-state index contributed by atoms with van der Waals surface area (Å²) < 4.78 is 41.1. The number of piperazine rings is 1. The average molecular weight is 679 g/mol. The highest BCUT2D eigenvalue weighted by Crippen LogP contribution is 2.39. The number of rotatable bonds is 8. The molecule has 1 saturated carbocycles. The standard InChI is InChI=1S/C34H40F2N8O5/c1-41-27-20-37-32(39-29(27)44(22-34(35,36)31(41)46)25-11-7-4-8-12-25)38-26-14-13-24(19-28(26)48-2)30(45)40-43-17-15-42(16-18-43)33(47)49-21-23-9-5-3-6-10-23/h3,5-6,9-10,13-14,19-20,25H,4,7-8,11-12,15-18,21-22H2,1-2H3,(H,40,45)(H,37,38,39). The first kappa shape index (κ1) is 33.8. The molecule has 0 spiro atoms. The Balaban J connectivity index is 1.10. The number of nitrogens with one attached hydrogen (secondary N) is 2. The van der Waals surface area contributed by atoms with E-state index >= 15 is 8.78 Å². The van der Waals surface area contributed by atoms with E-state index in [1.165, 1.54) is 20.4 Å². The second-order valence-corrected chi connectivity index (χ2v) is 12.4. The summed E-state index contributed by atoms with van der Waals surface area (Å²) in [7, 11) is 2.77. The number of ether oxygens (including phenoxy) is 2. The van der Waals surface area contributed by atoms with Crippen LogP contribution in [0.4, 0.5) is 36.7 Å². The van der Waals surface area contributed by atoms with E-state index in [0.717, 1.165) is 42.6 Å². The van der Waals surface area contributed by atoms with Crippen molar-refractivity contribution in [2.75, 3.05) is 62.0 Å². The number of benzene rings is 2. The van der Waals surface area contributed by atoms with E-state index in [1.807, 2.05) is 30.3 Å². The van der Waals surface area contributed by atoms with E-state index in [2.05, 4.69) is 20.7 Å². The predicted molar refractivity (Wildman–Crippen MR) is 178 cm³/mol. The molecule has 1 saturated heterocycles. The Morgan fingerprint density at radius 1 is 1.02 bits per heavy atom. The molecule has 15 heteroatoms. The largest absolute Gasteiger partial charge is 0.495 e. The first-order valence-electron chi connectivity index (χ1n) is 16.4. The molecule has 0 radical (unpaired) electrons. The number of hydrazine groups is 1. The number of carbonyl (C=O) groups is 3. The molecule has 2 fully saturated rings. The first-order chi connectivity index (χ1) is 23.6. The molecule has 0 atom stereocenters. The van der Waals surface area contributed by atoms with Gasteiger partial charge in [-0.3, -0.25) is 15.0 Å². The van der Waals surface area contributed by atoms with Gasteiger partial charge in [0, 0.05) is 44.8 Å². The smallest absolute Gasteiger partial charge is 0.410 e. The number of aromatic nitrogens is 2. The number of hydrogen-bond acceptors (Lipinski definition) is 10. The molecule has 3 aliphatic rings. The SMILES string of the molecule is COc1cc(C(=O)NN2CCN(C(=O)OCc3ccccc3)CC2)ccc1Nc1ncc2c(n1)N(C1CCCCC1)CC(F)(F)C(=O)N2C. The van der Waals surface area contributed by atoms with Gasteiger partial charge < -0.3 is 29.5 Å². The minimum atomic E-state index is -3.58. The van der Waals surface area contributed by atoms with Gasteiger partial charge in [0.05, 0.1) is 25.5 Å². The zero-order valence-electron chi connectivity index (χ0n) is 27.5. The van der Waals surface area contributed by atoms with Gasteiger partial charge in [-0.05, 0) is 36.6 Å². The number of hydrogen-bond donors (Lipinski definition) is 2. The van der Waals surface area contributed by atoms with Crippen LogP contribution < -0.4 is 25.3 Å². The van der Waals surface area contributed by atoms with E-state index in [0.29, 0.717) is 43.2 Å². The summed E-state index contributed by atoms with van der Waals surface area (Å²) in [6, 6.07) is 14.1. The van der Waals surface area contributed by atoms with Crippen LogP contribution in [-0.4, -0.2) is 96.6 Å². The Labute approximate surface area is 283 Å². The Morgan fingerprint density at radius 3 is 2.47 bits per heavy atom. The molecular weight excluding hydrogens is 638 g/mol. The van der Waals surface area contributed by atoms with Crippen molar-refractivity contribution >= 4 is 41.0 Å². The molecule has 13 nitrogen and oxygen atoms in total. The van der Waals surface area contributed by atoms with Gasteiger partial charge in [0.15, 0.2) is 5.82 Å². The zero-order chi connectivity index (χ0) is 34.5. The van der Waals surface area contributed by atoms with E-state index < -0.39 is 24.5 Å². The fourth-order valence-electron chi connectivity index (χ4n) is 6.36. The monoisotopic (exact) mass is 678 g/mol. The summed E-state index contributed by atoms with van der Waals surface area (Å²) in [5.41, 5.74) is 4.78. The highest BCUT2D eigenvalue weighted by molar-refractivity contribution is 6.02. The maximum absolute atomic E-state index is 15.0. The van der Waals surface area contributed by atoms with Crippen molar-refractivity contribution in [3.05, 3.63) is 65.9 Å². The third-order valence-electron chi connectivity index (χ3n) is 9.10. The third kappa shape index (κ3) is 7.66. The normalized spacial score (nSPS) is 18.4. The van der Waals surface area contributed by atoms with Crippen LogP contribution in [0.1, 0.15) is 48.0 Å². The maximum Gasteiger partial charge on any atom is 0.410 e. The van der Waals surface area contributed by atoms with Crippen LogP contribution in [0.2, 0.25) is 0 Å². The minimum Gasteiger partial charge on any atom is -0.495 e. The highest BCUT2D eigenvalue weighted by Gasteiger charge is 2.48. The van der Waals surface area contributed by atoms with Gasteiger partial charge in [0.25, 0.3) is 11.8 Å². The lowest BCUT2D eigenvalue weighted by atomic mass is 9.94. The summed E-state index contributed by atoms with van der Waals surface area (Å²) in [4.78, 5) is 51.4. The van der Waals surface area contributed by atoms with Crippen molar-refractivity contribution in [3.63, 3.8) is 0 Å². The summed E-state index contributed by atoms with van der Waals surface area (Å²) in [6.07, 6.45) is 5.30. The van der Waals surface area contributed by atoms with Crippen molar-refractivity contribution in [1.29, 1.82) is 0 Å². The molecular formula is C34H40F2N8O5. The summed E-state index contributed by atoms with van der Waals surface area (Å²) in [5.74, 6) is -4.52. The second-order valence-electron chi connectivity index (χ2n) is 12.4. The highest BCUT2D eigenvalue weighted by atomic mass is 19.3. The van der Waals surface area contributed by atoms with Crippen molar-refractivity contribution in [2.45, 2.75) is 50.7 Å². The van der Waals surface area contributed by atoms with Crippen molar-refractivity contribution < 1.29 is 32.6 Å². The molecule has 0 bridgehead atoms. The average Bonchev–Trinajstić information content (AvgIpc) is 3.20. The predicted octanol–water partition coefficient (Wildman–Crippen LogP) is 4.58. The molecule has 2 aliphatic heterocycles. The van der Waals surface area contributed by atoms with Gasteiger partial charge in [0.1, 0.15) is 18.0 Å². The number of amides is 3. The Morgan fingerprint density at radius 2 is 1.76 bits per heavy atom. The van der Waals surface area contributed by atoms with E-state index in [1.54, 1.807) is 33.0 Å². The van der Waals surface area contributed by atoms with Gasteiger partial charge in [-0.1, -0.05) is 49.6 Å². The fraction of sp³-hybridized carbons (Fsp3) is 0.441. The fourth-order valence-corrected chi connectivity index (χ4v) is 6.36. The molecule has 3 heterocycles. The molecule has 260 valence electrons. The molecule has 1 aromatic heterocycles. The van der Waals surface area contributed by atoms with Crippen LogP contribution >= 0.6 is 0 Å². The number of anilines is 4. The summed E-state index contributed by atoms with van der Waals surface area (Å²) in [5, 5.41) is 4.84. The molecule has 3 amide bonds. The molecule has 2 N–H and O–H groups in total.